The van der Waals surface area contributed by atoms with Crippen molar-refractivity contribution < 1.29 is 0 Å². The van der Waals surface area contributed by atoms with Crippen LogP contribution in [0.3, 0.4) is 0 Å². The zero-order valence-electron chi connectivity index (χ0n) is 11.3. The Labute approximate surface area is 123 Å². The molecule has 0 saturated carbocycles. The van der Waals surface area contributed by atoms with E-state index < -0.39 is 0 Å². The van der Waals surface area contributed by atoms with Crippen LogP contribution in [-0.4, -0.2) is 11.5 Å². The maximum atomic E-state index is 6.30. The van der Waals surface area contributed by atoms with Crippen LogP contribution < -0.4 is 5.32 Å². The first-order valence-corrected chi connectivity index (χ1v) is 7.93. The Hall–Kier alpha value is -0.900. The minimum Gasteiger partial charge on any atom is -0.304 e. The topological polar surface area (TPSA) is 24.9 Å². The van der Waals surface area contributed by atoms with Gasteiger partial charge in [0.1, 0.15) is 0 Å². The standard InChI is InChI=1S/C15H19ClN2S/c1-3-8-17-14(15-12(16)7-10-19-15)13-11(4-2)6-5-9-18-13/h5-7,9-10,14,17H,3-4,8H2,1-2H3. The number of nitrogens with zero attached hydrogens (tertiary/aromatic N) is 1. The molecule has 0 aromatic carbocycles. The van der Waals surface area contributed by atoms with Gasteiger partial charge >= 0.3 is 0 Å². The van der Waals surface area contributed by atoms with Crippen molar-refractivity contribution in [3.63, 3.8) is 0 Å². The highest BCUT2D eigenvalue weighted by atomic mass is 35.5. The summed E-state index contributed by atoms with van der Waals surface area (Å²) >= 11 is 7.99. The Balaban J connectivity index is 2.40. The molecule has 1 atom stereocenters. The van der Waals surface area contributed by atoms with Gasteiger partial charge in [-0.05, 0) is 42.5 Å². The van der Waals surface area contributed by atoms with Gasteiger partial charge in [0.05, 0.1) is 16.8 Å². The first kappa shape index (κ1) is 14.5. The maximum Gasteiger partial charge on any atom is 0.0862 e. The maximum absolute atomic E-state index is 6.30. The molecule has 0 bridgehead atoms. The number of hydrogen-bond acceptors (Lipinski definition) is 3. The smallest absolute Gasteiger partial charge is 0.0862 e. The Bertz CT molecular complexity index is 524. The van der Waals surface area contributed by atoms with Crippen molar-refractivity contribution in [1.82, 2.24) is 10.3 Å². The van der Waals surface area contributed by atoms with Gasteiger partial charge in [-0.2, -0.15) is 0 Å². The van der Waals surface area contributed by atoms with Crippen LogP contribution in [0.4, 0.5) is 0 Å². The number of halogens is 1. The van der Waals surface area contributed by atoms with E-state index >= 15 is 0 Å². The lowest BCUT2D eigenvalue weighted by molar-refractivity contribution is 0.589. The Morgan fingerprint density at radius 1 is 1.37 bits per heavy atom. The number of pyridine rings is 1. The average Bonchev–Trinajstić information content (AvgIpc) is 2.86. The lowest BCUT2D eigenvalue weighted by Crippen LogP contribution is -2.24. The third kappa shape index (κ3) is 3.35. The van der Waals surface area contributed by atoms with Crippen molar-refractivity contribution in [2.24, 2.45) is 0 Å². The lowest BCUT2D eigenvalue weighted by atomic mass is 10.0. The van der Waals surface area contributed by atoms with Crippen LogP contribution in [0.1, 0.15) is 42.4 Å². The molecule has 0 fully saturated rings. The molecule has 102 valence electrons. The molecule has 1 N–H and O–H groups in total. The molecule has 19 heavy (non-hydrogen) atoms. The summed E-state index contributed by atoms with van der Waals surface area (Å²) in [5.41, 5.74) is 2.38. The summed E-state index contributed by atoms with van der Waals surface area (Å²) in [6, 6.07) is 6.19. The van der Waals surface area contributed by atoms with Crippen LogP contribution in [0.25, 0.3) is 0 Å². The van der Waals surface area contributed by atoms with Crippen molar-refractivity contribution in [1.29, 1.82) is 0 Å². The molecular formula is C15H19ClN2S. The van der Waals surface area contributed by atoms with Crippen LogP contribution in [0.2, 0.25) is 5.02 Å². The van der Waals surface area contributed by atoms with Crippen LogP contribution in [-0.2, 0) is 6.42 Å². The van der Waals surface area contributed by atoms with E-state index in [1.807, 2.05) is 23.7 Å². The summed E-state index contributed by atoms with van der Waals surface area (Å²) in [4.78, 5) is 5.74. The first-order chi connectivity index (χ1) is 9.27. The number of aryl methyl sites for hydroxylation is 1. The summed E-state index contributed by atoms with van der Waals surface area (Å²) < 4.78 is 0. The fraction of sp³-hybridized carbons (Fsp3) is 0.400. The summed E-state index contributed by atoms with van der Waals surface area (Å²) in [5.74, 6) is 0. The van der Waals surface area contributed by atoms with Gasteiger partial charge in [-0.15, -0.1) is 11.3 Å². The van der Waals surface area contributed by atoms with Crippen LogP contribution in [0.15, 0.2) is 29.8 Å². The summed E-state index contributed by atoms with van der Waals surface area (Å²) in [5, 5.41) is 6.43. The van der Waals surface area contributed by atoms with E-state index in [0.29, 0.717) is 0 Å². The third-order valence-corrected chi connectivity index (χ3v) is 4.51. The minimum absolute atomic E-state index is 0.101. The highest BCUT2D eigenvalue weighted by molar-refractivity contribution is 7.10. The molecule has 4 heteroatoms. The molecular weight excluding hydrogens is 276 g/mol. The SMILES string of the molecule is CCCNC(c1ncccc1CC)c1sccc1Cl. The quantitative estimate of drug-likeness (QED) is 0.851. The van der Waals surface area contributed by atoms with Crippen LogP contribution >= 0.6 is 22.9 Å². The lowest BCUT2D eigenvalue weighted by Gasteiger charge is -2.20. The van der Waals surface area contributed by atoms with Gasteiger partial charge in [0.25, 0.3) is 0 Å². The fourth-order valence-electron chi connectivity index (χ4n) is 2.12. The largest absolute Gasteiger partial charge is 0.304 e. The second-order valence-electron chi connectivity index (χ2n) is 4.42. The van der Waals surface area contributed by atoms with Gasteiger partial charge in [-0.25, -0.2) is 0 Å². The monoisotopic (exact) mass is 294 g/mol. The molecule has 0 aliphatic carbocycles. The number of hydrogen-bond donors (Lipinski definition) is 1. The van der Waals surface area contributed by atoms with Gasteiger partial charge < -0.3 is 5.32 Å². The van der Waals surface area contributed by atoms with E-state index in [-0.39, 0.29) is 6.04 Å². The van der Waals surface area contributed by atoms with Gasteiger partial charge in [0.15, 0.2) is 0 Å². The van der Waals surface area contributed by atoms with Crippen molar-refractivity contribution in [3.05, 3.63) is 50.9 Å². The predicted molar refractivity (Wildman–Crippen MR) is 83.1 cm³/mol. The second kappa shape index (κ2) is 7.04. The molecule has 2 aromatic rings. The van der Waals surface area contributed by atoms with Gasteiger partial charge in [-0.3, -0.25) is 4.98 Å². The van der Waals surface area contributed by atoms with E-state index in [1.54, 1.807) is 11.3 Å². The van der Waals surface area contributed by atoms with Gasteiger partial charge in [0, 0.05) is 11.1 Å². The zero-order chi connectivity index (χ0) is 13.7. The van der Waals surface area contributed by atoms with Crippen LogP contribution in [0, 0.1) is 0 Å². The number of rotatable bonds is 6. The average molecular weight is 295 g/mol. The first-order valence-electron chi connectivity index (χ1n) is 6.68. The molecule has 2 rings (SSSR count). The highest BCUT2D eigenvalue weighted by Crippen LogP contribution is 2.33. The molecule has 0 radical (unpaired) electrons. The van der Waals surface area contributed by atoms with Gasteiger partial charge in [-0.1, -0.05) is 31.5 Å². The van der Waals surface area contributed by atoms with Crippen molar-refractivity contribution in [2.45, 2.75) is 32.7 Å². The number of aromatic nitrogens is 1. The van der Waals surface area contributed by atoms with Crippen molar-refractivity contribution in [3.8, 4) is 0 Å². The van der Waals surface area contributed by atoms with Crippen LogP contribution in [0.5, 0.6) is 0 Å². The van der Waals surface area contributed by atoms with E-state index in [9.17, 15) is 0 Å². The Morgan fingerprint density at radius 3 is 2.84 bits per heavy atom. The molecule has 2 heterocycles. The van der Waals surface area contributed by atoms with E-state index in [4.69, 9.17) is 11.6 Å². The van der Waals surface area contributed by atoms with Crippen molar-refractivity contribution in [2.75, 3.05) is 6.54 Å². The summed E-state index contributed by atoms with van der Waals surface area (Å²) in [6.07, 6.45) is 3.93. The van der Waals surface area contributed by atoms with E-state index in [1.165, 1.54) is 5.56 Å². The fourth-order valence-corrected chi connectivity index (χ4v) is 3.37. The zero-order valence-corrected chi connectivity index (χ0v) is 12.9. The molecule has 2 nitrogen and oxygen atoms in total. The third-order valence-electron chi connectivity index (χ3n) is 3.09. The van der Waals surface area contributed by atoms with E-state index in [0.717, 1.165) is 35.0 Å². The minimum atomic E-state index is 0.101. The van der Waals surface area contributed by atoms with Crippen molar-refractivity contribution >= 4 is 22.9 Å². The van der Waals surface area contributed by atoms with Gasteiger partial charge in [0.2, 0.25) is 0 Å². The highest BCUT2D eigenvalue weighted by Gasteiger charge is 2.21. The Morgan fingerprint density at radius 2 is 2.21 bits per heavy atom. The second-order valence-corrected chi connectivity index (χ2v) is 5.78. The molecule has 0 aliphatic heterocycles. The number of nitrogens with one attached hydrogen (secondary N) is 1. The summed E-state index contributed by atoms with van der Waals surface area (Å²) in [6.45, 7) is 5.28. The molecule has 0 aliphatic rings. The predicted octanol–water partition coefficient (Wildman–Crippen LogP) is 4.45. The molecule has 2 aromatic heterocycles. The Kier molecular flexibility index (Phi) is 5.37. The number of thiophene rings is 1. The molecule has 0 spiro atoms. The summed E-state index contributed by atoms with van der Waals surface area (Å²) in [7, 11) is 0. The molecule has 0 amide bonds. The van der Waals surface area contributed by atoms with E-state index in [2.05, 4.69) is 30.2 Å². The molecule has 0 saturated heterocycles. The normalized spacial score (nSPS) is 12.6. The molecule has 1 unspecified atom stereocenters.